The van der Waals surface area contributed by atoms with Crippen LogP contribution < -0.4 is 10.1 Å². The molecule has 2 aromatic carbocycles. The third kappa shape index (κ3) is 5.10. The number of ether oxygens (including phenoxy) is 1. The third-order valence-corrected chi connectivity index (χ3v) is 5.75. The molecule has 1 amide bonds. The molecule has 2 aromatic rings. The lowest BCUT2D eigenvalue weighted by molar-refractivity contribution is -0.274. The molecule has 0 saturated heterocycles. The number of hydrogen-bond donors (Lipinski definition) is 1. The first-order valence-electron chi connectivity index (χ1n) is 10.6. The van der Waals surface area contributed by atoms with Gasteiger partial charge in [-0.15, -0.1) is 13.2 Å². The molecule has 0 fully saturated rings. The molecule has 1 unspecified atom stereocenters. The molecule has 33 heavy (non-hydrogen) atoms. The van der Waals surface area contributed by atoms with Crippen molar-refractivity contribution in [3.8, 4) is 16.9 Å². The van der Waals surface area contributed by atoms with Gasteiger partial charge in [0.2, 0.25) is 5.91 Å². The Balaban J connectivity index is 1.38. The Hall–Kier alpha value is -3.55. The lowest BCUT2D eigenvalue weighted by atomic mass is 9.96. The van der Waals surface area contributed by atoms with E-state index in [0.717, 1.165) is 28.1 Å². The highest BCUT2D eigenvalue weighted by molar-refractivity contribution is 6.01. The Morgan fingerprint density at radius 2 is 1.73 bits per heavy atom. The summed E-state index contributed by atoms with van der Waals surface area (Å²) in [5.41, 5.74) is 2.82. The maximum absolute atomic E-state index is 13.0. The van der Waals surface area contributed by atoms with Crippen molar-refractivity contribution in [1.82, 2.24) is 10.2 Å². The van der Waals surface area contributed by atoms with Gasteiger partial charge < -0.3 is 15.0 Å². The van der Waals surface area contributed by atoms with E-state index in [-0.39, 0.29) is 11.7 Å². The van der Waals surface area contributed by atoms with Gasteiger partial charge in [-0.3, -0.25) is 4.79 Å². The van der Waals surface area contributed by atoms with E-state index < -0.39 is 11.9 Å². The first-order valence-corrected chi connectivity index (χ1v) is 10.6. The highest BCUT2D eigenvalue weighted by Crippen LogP contribution is 2.29. The summed E-state index contributed by atoms with van der Waals surface area (Å²) in [6.07, 6.45) is 1.80. The van der Waals surface area contributed by atoms with Crippen LogP contribution in [0.4, 0.5) is 13.2 Å². The van der Waals surface area contributed by atoms with E-state index in [1.54, 1.807) is 12.1 Å². The number of alkyl halides is 3. The van der Waals surface area contributed by atoms with E-state index in [9.17, 15) is 18.0 Å². The van der Waals surface area contributed by atoms with Gasteiger partial charge in [-0.2, -0.15) is 0 Å². The van der Waals surface area contributed by atoms with Crippen LogP contribution in [-0.4, -0.2) is 35.1 Å². The van der Waals surface area contributed by atoms with Crippen LogP contribution in [0.1, 0.15) is 25.8 Å². The number of nitrogens with zero attached hydrogens (tertiary/aromatic N) is 2. The average Bonchev–Trinajstić information content (AvgIpc) is 3.16. The van der Waals surface area contributed by atoms with E-state index in [1.807, 2.05) is 61.4 Å². The van der Waals surface area contributed by atoms with Crippen molar-refractivity contribution in [3.63, 3.8) is 0 Å². The minimum atomic E-state index is -4.71. The van der Waals surface area contributed by atoms with Gasteiger partial charge in [0.25, 0.3) is 0 Å². The number of carbonyl (C=O) groups is 1. The molecule has 0 spiro atoms. The number of allylic oxidation sites excluding steroid dienone is 2. The fourth-order valence-corrected chi connectivity index (χ4v) is 3.91. The topological polar surface area (TPSA) is 53.9 Å². The lowest BCUT2D eigenvalue weighted by Crippen LogP contribution is -2.47. The molecule has 0 radical (unpaired) electrons. The van der Waals surface area contributed by atoms with Crippen LogP contribution >= 0.6 is 0 Å². The average molecular weight is 455 g/mol. The molecule has 0 aliphatic carbocycles. The number of amidine groups is 1. The van der Waals surface area contributed by atoms with Crippen LogP contribution in [0.25, 0.3) is 11.1 Å². The van der Waals surface area contributed by atoms with Crippen LogP contribution in [0, 0.1) is 0 Å². The van der Waals surface area contributed by atoms with Crippen molar-refractivity contribution in [3.05, 3.63) is 78.0 Å². The van der Waals surface area contributed by atoms with Crippen molar-refractivity contribution in [2.24, 2.45) is 4.99 Å². The Morgan fingerprint density at radius 3 is 2.33 bits per heavy atom. The minimum absolute atomic E-state index is 0.115. The van der Waals surface area contributed by atoms with Gasteiger partial charge in [0.15, 0.2) is 5.54 Å². The number of aliphatic imine (C=N–C) groups is 1. The number of amides is 1. The number of nitrogens with one attached hydrogen (secondary N) is 1. The molecule has 1 atom stereocenters. The van der Waals surface area contributed by atoms with Crippen LogP contribution in [0.15, 0.2) is 77.4 Å². The van der Waals surface area contributed by atoms with Crippen molar-refractivity contribution < 1.29 is 22.7 Å². The zero-order valence-corrected chi connectivity index (χ0v) is 18.3. The number of rotatable bonds is 6. The highest BCUT2D eigenvalue weighted by atomic mass is 19.4. The summed E-state index contributed by atoms with van der Waals surface area (Å²) in [5, 5.41) is 3.00. The Labute approximate surface area is 190 Å². The second kappa shape index (κ2) is 8.77. The minimum Gasteiger partial charge on any atom is -0.406 e. The predicted molar refractivity (Wildman–Crippen MR) is 120 cm³/mol. The molecule has 0 bridgehead atoms. The van der Waals surface area contributed by atoms with Gasteiger partial charge in [-0.05, 0) is 53.8 Å². The molecule has 172 valence electrons. The zero-order valence-electron chi connectivity index (χ0n) is 18.3. The lowest BCUT2D eigenvalue weighted by Gasteiger charge is -2.25. The van der Waals surface area contributed by atoms with E-state index >= 15 is 0 Å². The SMILES string of the molecule is CCC1(C(=O)NCc2ccc(-c3ccc(OC(F)(F)F)cc3)cc2)CN2C=C(C)C=CC2=N1. The summed E-state index contributed by atoms with van der Waals surface area (Å²) in [6.45, 7) is 4.84. The summed E-state index contributed by atoms with van der Waals surface area (Å²) in [6, 6.07) is 13.2. The normalized spacial score (nSPS) is 19.6. The Kier molecular flexibility index (Phi) is 6.01. The first-order chi connectivity index (χ1) is 15.7. The monoisotopic (exact) mass is 455 g/mol. The quantitative estimate of drug-likeness (QED) is 0.651. The molecule has 0 aromatic heterocycles. The highest BCUT2D eigenvalue weighted by Gasteiger charge is 2.43. The maximum Gasteiger partial charge on any atom is 0.573 e. The van der Waals surface area contributed by atoms with E-state index in [2.05, 4.69) is 10.1 Å². The molecule has 2 aliphatic heterocycles. The molecule has 4 rings (SSSR count). The molecule has 2 aliphatic rings. The summed E-state index contributed by atoms with van der Waals surface area (Å²) >= 11 is 0. The smallest absolute Gasteiger partial charge is 0.406 e. The summed E-state index contributed by atoms with van der Waals surface area (Å²) in [4.78, 5) is 19.8. The summed E-state index contributed by atoms with van der Waals surface area (Å²) < 4.78 is 40.8. The van der Waals surface area contributed by atoms with Gasteiger partial charge in [0, 0.05) is 12.7 Å². The standard InChI is InChI=1S/C25H24F3N3O2/c1-3-24(16-31-15-17(2)4-13-22(31)30-24)23(32)29-14-18-5-7-19(8-6-18)20-9-11-21(12-10-20)33-25(26,27)28/h4-13,15H,3,14,16H2,1-2H3,(H,29,32). The fourth-order valence-electron chi connectivity index (χ4n) is 3.91. The van der Waals surface area contributed by atoms with E-state index in [0.29, 0.717) is 19.5 Å². The van der Waals surface area contributed by atoms with Gasteiger partial charge in [-0.1, -0.05) is 49.4 Å². The van der Waals surface area contributed by atoms with Crippen molar-refractivity contribution in [2.75, 3.05) is 6.54 Å². The van der Waals surface area contributed by atoms with E-state index in [1.165, 1.54) is 12.1 Å². The van der Waals surface area contributed by atoms with Crippen molar-refractivity contribution >= 4 is 11.7 Å². The molecular formula is C25H24F3N3O2. The van der Waals surface area contributed by atoms with Gasteiger partial charge in [0.1, 0.15) is 11.6 Å². The maximum atomic E-state index is 13.0. The number of benzene rings is 2. The third-order valence-electron chi connectivity index (χ3n) is 5.75. The summed E-state index contributed by atoms with van der Waals surface area (Å²) in [5.74, 6) is 0.424. The zero-order chi connectivity index (χ0) is 23.6. The van der Waals surface area contributed by atoms with Gasteiger partial charge in [0.05, 0.1) is 6.54 Å². The number of carbonyl (C=O) groups excluding carboxylic acids is 1. The van der Waals surface area contributed by atoms with Crippen LogP contribution in [0.2, 0.25) is 0 Å². The largest absolute Gasteiger partial charge is 0.573 e. The Bertz CT molecular complexity index is 1120. The van der Waals surface area contributed by atoms with Gasteiger partial charge in [-0.25, -0.2) is 4.99 Å². The van der Waals surface area contributed by atoms with Crippen molar-refractivity contribution in [1.29, 1.82) is 0 Å². The van der Waals surface area contributed by atoms with Gasteiger partial charge >= 0.3 is 6.36 Å². The molecule has 5 nitrogen and oxygen atoms in total. The predicted octanol–water partition coefficient (Wildman–Crippen LogP) is 5.20. The number of halogens is 3. The number of hydrogen-bond acceptors (Lipinski definition) is 4. The molecular weight excluding hydrogens is 431 g/mol. The van der Waals surface area contributed by atoms with Crippen LogP contribution in [-0.2, 0) is 11.3 Å². The number of fused-ring (bicyclic) bond motifs is 1. The molecule has 8 heteroatoms. The first kappa shape index (κ1) is 22.6. The summed E-state index contributed by atoms with van der Waals surface area (Å²) in [7, 11) is 0. The van der Waals surface area contributed by atoms with Crippen LogP contribution in [0.5, 0.6) is 5.75 Å². The fraction of sp³-hybridized carbons (Fsp3) is 0.280. The molecule has 0 saturated carbocycles. The molecule has 2 heterocycles. The second-order valence-corrected chi connectivity index (χ2v) is 8.14. The molecule has 1 N–H and O–H groups in total. The van der Waals surface area contributed by atoms with Crippen LogP contribution in [0.3, 0.4) is 0 Å². The Morgan fingerprint density at radius 1 is 1.09 bits per heavy atom. The second-order valence-electron chi connectivity index (χ2n) is 8.14. The van der Waals surface area contributed by atoms with E-state index in [4.69, 9.17) is 4.99 Å². The van der Waals surface area contributed by atoms with Crippen molar-refractivity contribution in [2.45, 2.75) is 38.7 Å².